The number of nitrogens with zero attached hydrogens (tertiary/aromatic N) is 2. The van der Waals surface area contributed by atoms with E-state index in [4.69, 9.17) is 0 Å². The molecule has 0 saturated carbocycles. The van der Waals surface area contributed by atoms with Crippen molar-refractivity contribution in [1.29, 1.82) is 0 Å². The van der Waals surface area contributed by atoms with Gasteiger partial charge in [0.05, 0.1) is 28.1 Å². The Balaban J connectivity index is 1.19. The summed E-state index contributed by atoms with van der Waals surface area (Å²) in [7, 11) is 0. The molecular weight excluding hydrogens is 701 g/mol. The molecule has 2 nitrogen and oxygen atoms in total. The lowest BCUT2D eigenvalue weighted by Gasteiger charge is -2.29. The molecule has 0 amide bonds. The average molecular weight is 739 g/mol. The number of aromatic nitrogens is 1. The van der Waals surface area contributed by atoms with Gasteiger partial charge in [-0.3, -0.25) is 0 Å². The summed E-state index contributed by atoms with van der Waals surface area (Å²) in [5, 5.41) is 6.05. The van der Waals surface area contributed by atoms with Crippen LogP contribution in [0.15, 0.2) is 231 Å². The van der Waals surface area contributed by atoms with E-state index in [0.717, 1.165) is 17.1 Å². The fourth-order valence-electron chi connectivity index (χ4n) is 8.98. The van der Waals surface area contributed by atoms with Crippen LogP contribution >= 0.6 is 0 Å². The number of rotatable bonds is 7. The van der Waals surface area contributed by atoms with Crippen molar-refractivity contribution in [2.75, 3.05) is 4.90 Å². The third-order valence-corrected chi connectivity index (χ3v) is 11.6. The summed E-state index contributed by atoms with van der Waals surface area (Å²) in [5.74, 6) is 0. The van der Waals surface area contributed by atoms with Crippen molar-refractivity contribution in [2.45, 2.75) is 0 Å². The predicted octanol–water partition coefficient (Wildman–Crippen LogP) is 15.5. The van der Waals surface area contributed by atoms with Crippen LogP contribution in [0.5, 0.6) is 0 Å². The van der Waals surface area contributed by atoms with E-state index in [1.807, 2.05) is 0 Å². The highest BCUT2D eigenvalue weighted by atomic mass is 15.1. The van der Waals surface area contributed by atoms with Gasteiger partial charge in [-0.2, -0.15) is 0 Å². The van der Waals surface area contributed by atoms with Crippen molar-refractivity contribution in [1.82, 2.24) is 4.40 Å². The van der Waals surface area contributed by atoms with Crippen molar-refractivity contribution in [2.24, 2.45) is 0 Å². The Hall–Kier alpha value is -7.68. The van der Waals surface area contributed by atoms with Gasteiger partial charge in [-0.15, -0.1) is 0 Å². The van der Waals surface area contributed by atoms with Gasteiger partial charge in [0.1, 0.15) is 0 Å². The Labute approximate surface area is 338 Å². The molecule has 0 saturated heterocycles. The number of hydrogen-bond acceptors (Lipinski definition) is 1. The smallest absolute Gasteiger partial charge is 0.0619 e. The summed E-state index contributed by atoms with van der Waals surface area (Å²) in [6, 6.07) is 83.7. The highest BCUT2D eigenvalue weighted by molar-refractivity contribution is 6.15. The zero-order chi connectivity index (χ0) is 38.4. The van der Waals surface area contributed by atoms with Crippen molar-refractivity contribution in [3.8, 4) is 44.6 Å². The predicted molar refractivity (Wildman–Crippen MR) is 246 cm³/mol. The lowest BCUT2D eigenvalue weighted by molar-refractivity contribution is 1.28. The lowest BCUT2D eigenvalue weighted by atomic mass is 9.95. The summed E-state index contributed by atoms with van der Waals surface area (Å²) in [4.78, 5) is 2.44. The van der Waals surface area contributed by atoms with Gasteiger partial charge in [0.2, 0.25) is 0 Å². The number of benzene rings is 9. The van der Waals surface area contributed by atoms with Crippen molar-refractivity contribution in [3.05, 3.63) is 231 Å². The van der Waals surface area contributed by atoms with Gasteiger partial charge in [-0.25, -0.2) is 0 Å². The molecule has 0 aliphatic heterocycles. The molecule has 2 heterocycles. The van der Waals surface area contributed by atoms with E-state index in [1.54, 1.807) is 0 Å². The highest BCUT2D eigenvalue weighted by Crippen LogP contribution is 2.47. The number of para-hydroxylation sites is 2. The van der Waals surface area contributed by atoms with Crippen molar-refractivity contribution >= 4 is 55.0 Å². The van der Waals surface area contributed by atoms with Crippen LogP contribution in [0.3, 0.4) is 0 Å². The lowest BCUT2D eigenvalue weighted by Crippen LogP contribution is -2.12. The molecule has 0 bridgehead atoms. The van der Waals surface area contributed by atoms with Gasteiger partial charge in [-0.05, 0) is 69.4 Å². The van der Waals surface area contributed by atoms with Gasteiger partial charge in [0.25, 0.3) is 0 Å². The molecule has 0 atom stereocenters. The second kappa shape index (κ2) is 14.1. The number of hydrogen-bond donors (Lipinski definition) is 0. The summed E-state index contributed by atoms with van der Waals surface area (Å²) < 4.78 is 2.51. The molecular formula is C56H38N2. The summed E-state index contributed by atoms with van der Waals surface area (Å²) in [5.41, 5.74) is 15.3. The molecule has 0 spiro atoms. The first-order valence-corrected chi connectivity index (χ1v) is 19.9. The first kappa shape index (κ1) is 33.6. The van der Waals surface area contributed by atoms with E-state index in [2.05, 4.69) is 240 Å². The highest BCUT2D eigenvalue weighted by Gasteiger charge is 2.23. The monoisotopic (exact) mass is 738 g/mol. The Morgan fingerprint density at radius 3 is 1.62 bits per heavy atom. The van der Waals surface area contributed by atoms with Crippen LogP contribution in [0, 0.1) is 0 Å². The van der Waals surface area contributed by atoms with Crippen LogP contribution in [-0.4, -0.2) is 4.40 Å². The zero-order valence-electron chi connectivity index (χ0n) is 31.8. The number of fused-ring (bicyclic) bond motifs is 5. The fraction of sp³-hybridized carbons (Fsp3) is 0. The molecule has 0 N–H and O–H groups in total. The minimum atomic E-state index is 1.09. The second-order valence-electron chi connectivity index (χ2n) is 14.9. The molecule has 0 aliphatic rings. The summed E-state index contributed by atoms with van der Waals surface area (Å²) >= 11 is 0. The Morgan fingerprint density at radius 1 is 0.310 bits per heavy atom. The van der Waals surface area contributed by atoms with Crippen LogP contribution in [0.25, 0.3) is 82.6 Å². The Bertz CT molecular complexity index is 3250. The van der Waals surface area contributed by atoms with E-state index in [-0.39, 0.29) is 0 Å². The molecule has 0 radical (unpaired) electrons. The van der Waals surface area contributed by atoms with Gasteiger partial charge < -0.3 is 9.30 Å². The van der Waals surface area contributed by atoms with Crippen LogP contribution < -0.4 is 4.90 Å². The maximum Gasteiger partial charge on any atom is 0.0619 e. The minimum Gasteiger partial charge on any atom is -0.309 e. The van der Waals surface area contributed by atoms with Gasteiger partial charge in [0.15, 0.2) is 0 Å². The van der Waals surface area contributed by atoms with E-state index in [1.165, 1.54) is 82.6 Å². The standard InChI is InChI=1S/C56H38N2/c1-4-18-39(19-5-1)40-34-36-44(37-35-40)57(51-31-14-12-25-45(51)41-20-6-2-7-21-41)52-33-17-28-47-48(52)29-16-30-49(47)56-46-26-11-10-24-43(46)38-54-55(42-22-8-3-9-23-42)50-27-13-15-32-53(50)58(54)56/h1-38H. The SMILES string of the molecule is c1ccc(-c2ccc(N(c3ccccc3-c3ccccc3)c3cccc4c(-c5c6ccccc6cc6c(-c7ccccc7)c7ccccc7n56)cccc34)cc2)cc1. The van der Waals surface area contributed by atoms with Gasteiger partial charge in [0, 0.05) is 38.5 Å². The van der Waals surface area contributed by atoms with Crippen LogP contribution in [0.1, 0.15) is 0 Å². The van der Waals surface area contributed by atoms with Crippen molar-refractivity contribution in [3.63, 3.8) is 0 Å². The van der Waals surface area contributed by atoms with Crippen LogP contribution in [0.4, 0.5) is 17.1 Å². The third kappa shape index (κ3) is 5.57. The molecule has 9 aromatic carbocycles. The first-order chi connectivity index (χ1) is 28.8. The molecule has 11 rings (SSSR count). The average Bonchev–Trinajstić information content (AvgIpc) is 3.63. The number of pyridine rings is 1. The molecule has 0 unspecified atom stereocenters. The van der Waals surface area contributed by atoms with Gasteiger partial charge in [-0.1, -0.05) is 194 Å². The van der Waals surface area contributed by atoms with E-state index < -0.39 is 0 Å². The minimum absolute atomic E-state index is 1.09. The van der Waals surface area contributed by atoms with Gasteiger partial charge >= 0.3 is 0 Å². The zero-order valence-corrected chi connectivity index (χ0v) is 31.8. The molecule has 0 fully saturated rings. The molecule has 2 heteroatoms. The van der Waals surface area contributed by atoms with Crippen LogP contribution in [0.2, 0.25) is 0 Å². The Kier molecular flexibility index (Phi) is 8.19. The number of anilines is 3. The molecule has 272 valence electrons. The molecule has 0 aliphatic carbocycles. The third-order valence-electron chi connectivity index (χ3n) is 11.6. The largest absolute Gasteiger partial charge is 0.309 e. The van der Waals surface area contributed by atoms with Crippen LogP contribution in [-0.2, 0) is 0 Å². The molecule has 2 aromatic heterocycles. The molecule has 58 heavy (non-hydrogen) atoms. The van der Waals surface area contributed by atoms with E-state index in [9.17, 15) is 0 Å². The first-order valence-electron chi connectivity index (χ1n) is 19.9. The quantitative estimate of drug-likeness (QED) is 0.158. The summed E-state index contributed by atoms with van der Waals surface area (Å²) in [6.45, 7) is 0. The maximum atomic E-state index is 2.51. The summed E-state index contributed by atoms with van der Waals surface area (Å²) in [6.07, 6.45) is 0. The second-order valence-corrected chi connectivity index (χ2v) is 14.9. The van der Waals surface area contributed by atoms with Crippen molar-refractivity contribution < 1.29 is 0 Å². The van der Waals surface area contributed by atoms with E-state index >= 15 is 0 Å². The topological polar surface area (TPSA) is 7.65 Å². The van der Waals surface area contributed by atoms with E-state index in [0.29, 0.717) is 0 Å². The fourth-order valence-corrected chi connectivity index (χ4v) is 8.98. The normalized spacial score (nSPS) is 11.4. The molecule has 11 aromatic rings. The Morgan fingerprint density at radius 2 is 0.845 bits per heavy atom. The maximum absolute atomic E-state index is 2.51.